The Morgan fingerprint density at radius 3 is 3.08 bits per heavy atom. The number of alkyl halides is 1. The van der Waals surface area contributed by atoms with E-state index in [1.807, 2.05) is 6.07 Å². The summed E-state index contributed by atoms with van der Waals surface area (Å²) in [6.45, 7) is 0. The van der Waals surface area contributed by atoms with Crippen LogP contribution in [0.4, 0.5) is 0 Å². The maximum absolute atomic E-state index is 5.25. The van der Waals surface area contributed by atoms with E-state index in [0.717, 1.165) is 16.3 Å². The Morgan fingerprint density at radius 2 is 2.33 bits per heavy atom. The van der Waals surface area contributed by atoms with Gasteiger partial charge in [0, 0.05) is 22.5 Å². The van der Waals surface area contributed by atoms with Crippen molar-refractivity contribution in [3.63, 3.8) is 0 Å². The van der Waals surface area contributed by atoms with Crippen LogP contribution in [-0.4, -0.2) is 4.98 Å². The summed E-state index contributed by atoms with van der Waals surface area (Å²) in [7, 11) is 0. The molecular weight excluding hydrogens is 241 g/mol. The second-order valence-electron chi connectivity index (χ2n) is 2.27. The predicted molar refractivity (Wildman–Crippen MR) is 53.9 cm³/mol. The monoisotopic (exact) mass is 247 g/mol. The molecular formula is C8H7BrClNO. The van der Waals surface area contributed by atoms with Gasteiger partial charge in [0.25, 0.3) is 0 Å². The van der Waals surface area contributed by atoms with E-state index in [-0.39, 0.29) is 12.4 Å². The molecule has 0 aliphatic rings. The van der Waals surface area contributed by atoms with E-state index in [1.165, 1.54) is 5.56 Å². The highest BCUT2D eigenvalue weighted by Crippen LogP contribution is 2.21. The summed E-state index contributed by atoms with van der Waals surface area (Å²) in [5.74, 6) is 0. The van der Waals surface area contributed by atoms with Gasteiger partial charge in [0.2, 0.25) is 0 Å². The third-order valence-electron chi connectivity index (χ3n) is 1.60. The lowest BCUT2D eigenvalue weighted by Gasteiger charge is -1.87. The summed E-state index contributed by atoms with van der Waals surface area (Å²) in [6.07, 6.45) is 5.24. The van der Waals surface area contributed by atoms with Crippen molar-refractivity contribution in [2.45, 2.75) is 5.33 Å². The molecule has 0 saturated heterocycles. The number of hydrogen-bond acceptors (Lipinski definition) is 2. The van der Waals surface area contributed by atoms with Crippen molar-refractivity contribution in [2.24, 2.45) is 0 Å². The van der Waals surface area contributed by atoms with Gasteiger partial charge in [-0.15, -0.1) is 12.4 Å². The summed E-state index contributed by atoms with van der Waals surface area (Å²) in [5, 5.41) is 1.96. The maximum atomic E-state index is 5.25. The molecule has 0 fully saturated rings. The summed E-state index contributed by atoms with van der Waals surface area (Å²) >= 11 is 3.38. The molecule has 4 heteroatoms. The molecule has 0 aliphatic carbocycles. The fourth-order valence-corrected chi connectivity index (χ4v) is 1.47. The number of hydrogen-bond donors (Lipinski definition) is 0. The number of aromatic nitrogens is 1. The smallest absolute Gasteiger partial charge is 0.152 e. The first-order chi connectivity index (χ1) is 5.42. The van der Waals surface area contributed by atoms with E-state index < -0.39 is 0 Å². The zero-order valence-corrected chi connectivity index (χ0v) is 8.56. The number of fused-ring (bicyclic) bond motifs is 1. The van der Waals surface area contributed by atoms with Gasteiger partial charge in [0.15, 0.2) is 5.58 Å². The van der Waals surface area contributed by atoms with Crippen molar-refractivity contribution in [2.75, 3.05) is 0 Å². The van der Waals surface area contributed by atoms with Crippen LogP contribution in [0.3, 0.4) is 0 Å². The summed E-state index contributed by atoms with van der Waals surface area (Å²) in [6, 6.07) is 1.95. The molecule has 2 nitrogen and oxygen atoms in total. The second kappa shape index (κ2) is 3.92. The highest BCUT2D eigenvalue weighted by atomic mass is 79.9. The van der Waals surface area contributed by atoms with E-state index in [2.05, 4.69) is 20.9 Å². The minimum atomic E-state index is 0. The van der Waals surface area contributed by atoms with E-state index in [4.69, 9.17) is 4.42 Å². The van der Waals surface area contributed by atoms with Crippen LogP contribution < -0.4 is 0 Å². The molecule has 0 aromatic carbocycles. The Hall–Kier alpha value is -0.540. The zero-order valence-electron chi connectivity index (χ0n) is 6.16. The van der Waals surface area contributed by atoms with Crippen molar-refractivity contribution < 1.29 is 4.42 Å². The highest BCUT2D eigenvalue weighted by molar-refractivity contribution is 9.08. The van der Waals surface area contributed by atoms with Crippen molar-refractivity contribution in [1.29, 1.82) is 0 Å². The van der Waals surface area contributed by atoms with E-state index in [0.29, 0.717) is 0 Å². The molecule has 0 spiro atoms. The number of halogens is 2. The van der Waals surface area contributed by atoms with Crippen LogP contribution in [0.15, 0.2) is 29.1 Å². The molecule has 2 rings (SSSR count). The third kappa shape index (κ3) is 1.47. The molecule has 0 unspecified atom stereocenters. The molecule has 64 valence electrons. The molecule has 0 saturated carbocycles. The first-order valence-corrected chi connectivity index (χ1v) is 4.40. The standard InChI is InChI=1S/C8H6BrNO.ClH/c9-3-6-5-11-8-4-10-2-1-7(6)8;/h1-2,4-5H,3H2;1H. The van der Waals surface area contributed by atoms with Gasteiger partial charge in [-0.25, -0.2) is 0 Å². The summed E-state index contributed by atoms with van der Waals surface area (Å²) in [4.78, 5) is 3.95. The number of furan rings is 1. The number of nitrogens with zero attached hydrogens (tertiary/aromatic N) is 1. The minimum Gasteiger partial charge on any atom is -0.462 e. The van der Waals surface area contributed by atoms with Crippen molar-refractivity contribution in [3.05, 3.63) is 30.3 Å². The summed E-state index contributed by atoms with van der Waals surface area (Å²) < 4.78 is 5.25. The number of rotatable bonds is 1. The van der Waals surface area contributed by atoms with Gasteiger partial charge in [-0.05, 0) is 6.07 Å². The van der Waals surface area contributed by atoms with Crippen LogP contribution in [-0.2, 0) is 5.33 Å². The van der Waals surface area contributed by atoms with Crippen LogP contribution >= 0.6 is 28.3 Å². The van der Waals surface area contributed by atoms with E-state index in [9.17, 15) is 0 Å². The van der Waals surface area contributed by atoms with Gasteiger partial charge < -0.3 is 4.42 Å². The maximum Gasteiger partial charge on any atom is 0.152 e. The highest BCUT2D eigenvalue weighted by Gasteiger charge is 2.02. The van der Waals surface area contributed by atoms with Gasteiger partial charge in [-0.2, -0.15) is 0 Å². The fourth-order valence-electron chi connectivity index (χ4n) is 1.04. The largest absolute Gasteiger partial charge is 0.462 e. The van der Waals surface area contributed by atoms with Crippen LogP contribution in [0.2, 0.25) is 0 Å². The number of pyridine rings is 1. The molecule has 0 atom stereocenters. The molecule has 0 N–H and O–H groups in total. The SMILES string of the molecule is BrCc1coc2cnccc12.Cl. The Balaban J connectivity index is 0.000000720. The normalized spacial score (nSPS) is 9.75. The topological polar surface area (TPSA) is 26.0 Å². The van der Waals surface area contributed by atoms with Crippen LogP contribution in [0, 0.1) is 0 Å². The first-order valence-electron chi connectivity index (χ1n) is 3.28. The molecule has 0 amide bonds. The molecule has 12 heavy (non-hydrogen) atoms. The Kier molecular flexibility index (Phi) is 3.12. The second-order valence-corrected chi connectivity index (χ2v) is 2.83. The molecule has 2 aromatic heterocycles. The van der Waals surface area contributed by atoms with Crippen LogP contribution in [0.5, 0.6) is 0 Å². The fraction of sp³-hybridized carbons (Fsp3) is 0.125. The Morgan fingerprint density at radius 1 is 1.50 bits per heavy atom. The van der Waals surface area contributed by atoms with Crippen molar-refractivity contribution >= 4 is 39.3 Å². The first kappa shape index (κ1) is 9.55. The lowest BCUT2D eigenvalue weighted by atomic mass is 10.2. The van der Waals surface area contributed by atoms with Gasteiger partial charge in [-0.3, -0.25) is 4.98 Å². The van der Waals surface area contributed by atoms with E-state index >= 15 is 0 Å². The molecule has 2 aromatic rings. The summed E-state index contributed by atoms with van der Waals surface area (Å²) in [5.41, 5.74) is 2.02. The predicted octanol–water partition coefficient (Wildman–Crippen LogP) is 3.14. The average molecular weight is 249 g/mol. The van der Waals surface area contributed by atoms with Gasteiger partial charge in [-0.1, -0.05) is 15.9 Å². The quantitative estimate of drug-likeness (QED) is 0.725. The van der Waals surface area contributed by atoms with Gasteiger partial charge in [0.05, 0.1) is 12.5 Å². The minimum absolute atomic E-state index is 0. The Bertz CT molecular complexity index is 374. The van der Waals surface area contributed by atoms with Crippen LogP contribution in [0.1, 0.15) is 5.56 Å². The van der Waals surface area contributed by atoms with Crippen molar-refractivity contribution in [3.8, 4) is 0 Å². The molecule has 0 bridgehead atoms. The van der Waals surface area contributed by atoms with Gasteiger partial charge in [0.1, 0.15) is 0 Å². The van der Waals surface area contributed by atoms with Crippen LogP contribution in [0.25, 0.3) is 11.0 Å². The average Bonchev–Trinajstić information content (AvgIpc) is 2.47. The molecule has 0 radical (unpaired) electrons. The molecule has 0 aliphatic heterocycles. The van der Waals surface area contributed by atoms with Gasteiger partial charge >= 0.3 is 0 Å². The molecule has 2 heterocycles. The van der Waals surface area contributed by atoms with E-state index in [1.54, 1.807) is 18.7 Å². The van der Waals surface area contributed by atoms with Crippen molar-refractivity contribution in [1.82, 2.24) is 4.98 Å². The lowest BCUT2D eigenvalue weighted by molar-refractivity contribution is 0.611. The third-order valence-corrected chi connectivity index (χ3v) is 2.21. The Labute approximate surface area is 84.5 Å². The zero-order chi connectivity index (χ0) is 7.68. The lowest BCUT2D eigenvalue weighted by Crippen LogP contribution is -1.72.